The van der Waals surface area contributed by atoms with Gasteiger partial charge in [-0.15, -0.1) is 0 Å². The van der Waals surface area contributed by atoms with Crippen molar-refractivity contribution in [2.45, 2.75) is 25.3 Å². The van der Waals surface area contributed by atoms with Crippen LogP contribution in [0.25, 0.3) is 0 Å². The fraction of sp³-hybridized carbons (Fsp3) is 0.462. The number of carboxylic acids is 1. The first-order valence-corrected chi connectivity index (χ1v) is 6.29. The average Bonchev–Trinajstić information content (AvgIpc) is 2.38. The second-order valence-corrected chi connectivity index (χ2v) is 5.06. The van der Waals surface area contributed by atoms with Crippen LogP contribution in [0.5, 0.6) is 0 Å². The minimum absolute atomic E-state index is 0.0643. The topological polar surface area (TPSA) is 102 Å². The first kappa shape index (κ1) is 14.3. The zero-order chi connectivity index (χ0) is 14.8. The van der Waals surface area contributed by atoms with E-state index in [1.807, 2.05) is 6.92 Å². The number of benzene rings is 1. The highest BCUT2D eigenvalue weighted by Crippen LogP contribution is 2.34. The van der Waals surface area contributed by atoms with Crippen LogP contribution in [0.4, 0.5) is 11.4 Å². The van der Waals surface area contributed by atoms with Crippen LogP contribution in [0.2, 0.25) is 0 Å². The standard InChI is InChI=1S/C13H16N2O5/c1-13(5-7-20-8-6-13)14-11-9(12(16)17)3-2-4-10(11)15(18)19/h2-4,14H,5-8H2,1H3,(H,16,17). The molecule has 0 saturated carbocycles. The highest BCUT2D eigenvalue weighted by Gasteiger charge is 2.31. The van der Waals surface area contributed by atoms with Crippen molar-refractivity contribution in [1.29, 1.82) is 0 Å². The van der Waals surface area contributed by atoms with E-state index >= 15 is 0 Å². The molecule has 1 aliphatic heterocycles. The van der Waals surface area contributed by atoms with Gasteiger partial charge in [0.15, 0.2) is 0 Å². The van der Waals surface area contributed by atoms with Crippen LogP contribution in [0.15, 0.2) is 18.2 Å². The lowest BCUT2D eigenvalue weighted by Crippen LogP contribution is -2.41. The summed E-state index contributed by atoms with van der Waals surface area (Å²) < 4.78 is 5.27. The summed E-state index contributed by atoms with van der Waals surface area (Å²) in [7, 11) is 0. The van der Waals surface area contributed by atoms with Gasteiger partial charge in [0.2, 0.25) is 0 Å². The Labute approximate surface area is 115 Å². The van der Waals surface area contributed by atoms with Crippen LogP contribution in [-0.2, 0) is 4.74 Å². The Kier molecular flexibility index (Phi) is 3.89. The third kappa shape index (κ3) is 2.88. The lowest BCUT2D eigenvalue weighted by Gasteiger charge is -2.35. The molecule has 1 heterocycles. The summed E-state index contributed by atoms with van der Waals surface area (Å²) in [4.78, 5) is 21.8. The first-order chi connectivity index (χ1) is 9.43. The normalized spacial score (nSPS) is 17.4. The van der Waals surface area contributed by atoms with Crippen molar-refractivity contribution < 1.29 is 19.6 Å². The lowest BCUT2D eigenvalue weighted by atomic mass is 9.91. The minimum atomic E-state index is -1.19. The number of nitro benzene ring substituents is 1. The summed E-state index contributed by atoms with van der Waals surface area (Å²) >= 11 is 0. The van der Waals surface area contributed by atoms with Gasteiger partial charge in [-0.1, -0.05) is 6.07 Å². The number of rotatable bonds is 4. The number of aromatic carboxylic acids is 1. The van der Waals surface area contributed by atoms with E-state index in [2.05, 4.69) is 5.32 Å². The molecule has 7 heteroatoms. The van der Waals surface area contributed by atoms with E-state index in [0.717, 1.165) is 0 Å². The average molecular weight is 280 g/mol. The lowest BCUT2D eigenvalue weighted by molar-refractivity contribution is -0.384. The molecule has 2 rings (SSSR count). The number of carboxylic acid groups (broad SMARTS) is 1. The van der Waals surface area contributed by atoms with Crippen molar-refractivity contribution in [3.63, 3.8) is 0 Å². The van der Waals surface area contributed by atoms with E-state index in [1.54, 1.807) is 0 Å². The fourth-order valence-corrected chi connectivity index (χ4v) is 2.25. The summed E-state index contributed by atoms with van der Waals surface area (Å²) in [6.45, 7) is 3.01. The maximum absolute atomic E-state index is 11.3. The van der Waals surface area contributed by atoms with Gasteiger partial charge in [0.1, 0.15) is 5.69 Å². The van der Waals surface area contributed by atoms with Crippen LogP contribution in [0, 0.1) is 10.1 Å². The molecule has 0 spiro atoms. The monoisotopic (exact) mass is 280 g/mol. The van der Waals surface area contributed by atoms with Gasteiger partial charge in [-0.25, -0.2) is 4.79 Å². The number of anilines is 1. The van der Waals surface area contributed by atoms with Gasteiger partial charge in [0, 0.05) is 24.8 Å². The van der Waals surface area contributed by atoms with Crippen LogP contribution >= 0.6 is 0 Å². The smallest absolute Gasteiger partial charge is 0.338 e. The molecule has 0 aliphatic carbocycles. The number of nitrogens with zero attached hydrogens (tertiary/aromatic N) is 1. The number of ether oxygens (including phenoxy) is 1. The summed E-state index contributed by atoms with van der Waals surface area (Å²) in [5.74, 6) is -1.19. The number of hydrogen-bond donors (Lipinski definition) is 2. The van der Waals surface area contributed by atoms with Gasteiger partial charge < -0.3 is 15.2 Å². The molecule has 0 aromatic heterocycles. The van der Waals surface area contributed by atoms with Crippen molar-refractivity contribution in [1.82, 2.24) is 0 Å². The summed E-state index contributed by atoms with van der Waals surface area (Å²) in [5, 5.41) is 23.3. The van der Waals surface area contributed by atoms with Crippen LogP contribution < -0.4 is 5.32 Å². The van der Waals surface area contributed by atoms with Gasteiger partial charge >= 0.3 is 5.97 Å². The van der Waals surface area contributed by atoms with E-state index in [9.17, 15) is 20.0 Å². The van der Waals surface area contributed by atoms with E-state index in [-0.39, 0.29) is 16.9 Å². The Hall–Kier alpha value is -2.15. The van der Waals surface area contributed by atoms with E-state index < -0.39 is 16.4 Å². The molecule has 0 bridgehead atoms. The Bertz CT molecular complexity index is 505. The zero-order valence-corrected chi connectivity index (χ0v) is 11.1. The zero-order valence-electron chi connectivity index (χ0n) is 11.1. The summed E-state index contributed by atoms with van der Waals surface area (Å²) in [6, 6.07) is 4.04. The van der Waals surface area contributed by atoms with E-state index in [4.69, 9.17) is 4.74 Å². The van der Waals surface area contributed by atoms with Gasteiger partial charge in [-0.05, 0) is 25.8 Å². The van der Waals surface area contributed by atoms with Crippen LogP contribution in [0.1, 0.15) is 30.1 Å². The van der Waals surface area contributed by atoms with E-state index in [0.29, 0.717) is 26.1 Å². The highest BCUT2D eigenvalue weighted by atomic mass is 16.6. The Morgan fingerprint density at radius 2 is 2.10 bits per heavy atom. The molecular formula is C13H16N2O5. The third-order valence-corrected chi connectivity index (χ3v) is 3.49. The minimum Gasteiger partial charge on any atom is -0.478 e. The Morgan fingerprint density at radius 3 is 2.65 bits per heavy atom. The van der Waals surface area contributed by atoms with Gasteiger partial charge in [0.25, 0.3) is 5.69 Å². The van der Waals surface area contributed by atoms with Crippen LogP contribution in [-0.4, -0.2) is 34.8 Å². The van der Waals surface area contributed by atoms with Crippen molar-refractivity contribution in [3.05, 3.63) is 33.9 Å². The summed E-state index contributed by atoms with van der Waals surface area (Å²) in [6.07, 6.45) is 1.33. The third-order valence-electron chi connectivity index (χ3n) is 3.49. The molecule has 2 N–H and O–H groups in total. The SMILES string of the molecule is CC1(Nc2c(C(=O)O)cccc2[N+](=O)[O-])CCOCC1. The molecule has 20 heavy (non-hydrogen) atoms. The van der Waals surface area contributed by atoms with Crippen molar-refractivity contribution in [3.8, 4) is 0 Å². The molecule has 1 aliphatic rings. The molecule has 7 nitrogen and oxygen atoms in total. The maximum Gasteiger partial charge on any atom is 0.338 e. The van der Waals surface area contributed by atoms with Crippen molar-refractivity contribution in [2.24, 2.45) is 0 Å². The highest BCUT2D eigenvalue weighted by molar-refractivity contribution is 5.97. The van der Waals surface area contributed by atoms with Gasteiger partial charge in [-0.3, -0.25) is 10.1 Å². The Morgan fingerprint density at radius 1 is 1.45 bits per heavy atom. The molecule has 0 unspecified atom stereocenters. The molecule has 108 valence electrons. The molecule has 0 amide bonds. The molecule has 1 saturated heterocycles. The van der Waals surface area contributed by atoms with Crippen molar-refractivity contribution in [2.75, 3.05) is 18.5 Å². The fourth-order valence-electron chi connectivity index (χ4n) is 2.25. The second kappa shape index (κ2) is 5.46. The molecule has 1 fully saturated rings. The molecule has 1 aromatic rings. The molecule has 0 radical (unpaired) electrons. The largest absolute Gasteiger partial charge is 0.478 e. The van der Waals surface area contributed by atoms with Gasteiger partial charge in [0.05, 0.1) is 10.5 Å². The van der Waals surface area contributed by atoms with Gasteiger partial charge in [-0.2, -0.15) is 0 Å². The summed E-state index contributed by atoms with van der Waals surface area (Å²) in [5.41, 5.74) is -0.659. The quantitative estimate of drug-likeness (QED) is 0.648. The number of carbonyl (C=O) groups is 1. The van der Waals surface area contributed by atoms with Crippen LogP contribution in [0.3, 0.4) is 0 Å². The first-order valence-electron chi connectivity index (χ1n) is 6.29. The molecule has 1 aromatic carbocycles. The maximum atomic E-state index is 11.3. The number of para-hydroxylation sites is 1. The number of nitro groups is 1. The Balaban J connectivity index is 2.42. The second-order valence-electron chi connectivity index (χ2n) is 5.06. The number of hydrogen-bond acceptors (Lipinski definition) is 5. The van der Waals surface area contributed by atoms with Crippen molar-refractivity contribution >= 4 is 17.3 Å². The predicted octanol–water partition coefficient (Wildman–Crippen LogP) is 2.27. The van der Waals surface area contributed by atoms with E-state index in [1.165, 1.54) is 18.2 Å². The number of nitrogens with one attached hydrogen (secondary N) is 1. The predicted molar refractivity (Wildman–Crippen MR) is 72.1 cm³/mol. The molecular weight excluding hydrogens is 264 g/mol. The molecule has 0 atom stereocenters.